The molecule has 4 nitrogen and oxygen atoms in total. The predicted molar refractivity (Wildman–Crippen MR) is 164 cm³/mol. The number of ether oxygens (including phenoxy) is 2. The average molecular weight is 532 g/mol. The summed E-state index contributed by atoms with van der Waals surface area (Å²) in [6.45, 7) is 7.66. The maximum atomic E-state index is 11.8. The number of methoxy groups -OCH3 is 1. The van der Waals surface area contributed by atoms with Crippen molar-refractivity contribution in [2.75, 3.05) is 12.0 Å². The Kier molecular flexibility index (Phi) is 8.35. The second kappa shape index (κ2) is 12.3. The molecule has 0 heterocycles. The summed E-state index contributed by atoms with van der Waals surface area (Å²) in [5, 5.41) is 0. The Morgan fingerprint density at radius 3 is 1.60 bits per heavy atom. The first-order chi connectivity index (χ1) is 19.4. The van der Waals surface area contributed by atoms with Crippen molar-refractivity contribution in [3.8, 4) is 33.8 Å². The Morgan fingerprint density at radius 1 is 0.725 bits per heavy atom. The molecule has 2 atom stereocenters. The number of anilines is 2. The van der Waals surface area contributed by atoms with Crippen LogP contribution < -0.4 is 14.4 Å². The van der Waals surface area contributed by atoms with Crippen molar-refractivity contribution in [1.29, 1.82) is 0 Å². The van der Waals surface area contributed by atoms with Crippen molar-refractivity contribution in [3.63, 3.8) is 0 Å². The minimum absolute atomic E-state index is 0.381. The summed E-state index contributed by atoms with van der Waals surface area (Å²) in [6.07, 6.45) is 4.94. The lowest BCUT2D eigenvalue weighted by Crippen LogP contribution is -2.35. The number of benzene rings is 4. The molecule has 0 bridgehead atoms. The Labute approximate surface area is 237 Å². The Bertz CT molecular complexity index is 1440. The molecule has 1 aliphatic rings. The molecule has 1 aliphatic carbocycles. The van der Waals surface area contributed by atoms with Crippen molar-refractivity contribution in [2.45, 2.75) is 45.6 Å². The van der Waals surface area contributed by atoms with Gasteiger partial charge in [-0.25, -0.2) is 4.79 Å². The van der Waals surface area contributed by atoms with Crippen LogP contribution in [0, 0.1) is 5.92 Å². The van der Waals surface area contributed by atoms with Crippen LogP contribution in [0.5, 0.6) is 11.5 Å². The smallest absolute Gasteiger partial charge is 0.338 e. The lowest BCUT2D eigenvalue weighted by atomic mass is 9.85. The SMILES string of the molecule is C=C(C)C(=O)Oc1ccc(-c2ccc(N(c3ccc(-c4ccc(OC)cc4)cc3)C3CCCC(C)C3)cc2)cc1. The van der Waals surface area contributed by atoms with Gasteiger partial charge in [0.2, 0.25) is 0 Å². The normalized spacial score (nSPS) is 16.7. The van der Waals surface area contributed by atoms with E-state index in [0.717, 1.165) is 22.8 Å². The highest BCUT2D eigenvalue weighted by atomic mass is 16.5. The number of esters is 1. The monoisotopic (exact) mass is 531 g/mol. The van der Waals surface area contributed by atoms with Gasteiger partial charge in [-0.3, -0.25) is 0 Å². The highest BCUT2D eigenvalue weighted by molar-refractivity contribution is 5.88. The van der Waals surface area contributed by atoms with E-state index in [4.69, 9.17) is 9.47 Å². The molecular formula is C36H37NO3. The molecule has 0 aliphatic heterocycles. The molecule has 0 aromatic heterocycles. The summed E-state index contributed by atoms with van der Waals surface area (Å²) >= 11 is 0. The van der Waals surface area contributed by atoms with E-state index in [1.165, 1.54) is 48.2 Å². The lowest BCUT2D eigenvalue weighted by molar-refractivity contribution is -0.130. The van der Waals surface area contributed by atoms with Gasteiger partial charge in [-0.05, 0) is 96.5 Å². The molecule has 4 heteroatoms. The zero-order valence-corrected chi connectivity index (χ0v) is 23.6. The first-order valence-electron chi connectivity index (χ1n) is 14.0. The topological polar surface area (TPSA) is 38.8 Å². The lowest BCUT2D eigenvalue weighted by Gasteiger charge is -2.38. The summed E-state index contributed by atoms with van der Waals surface area (Å²) in [6, 6.07) is 34.0. The molecule has 5 rings (SSSR count). The van der Waals surface area contributed by atoms with Crippen molar-refractivity contribution in [3.05, 3.63) is 109 Å². The Morgan fingerprint density at radius 2 is 1.18 bits per heavy atom. The largest absolute Gasteiger partial charge is 0.497 e. The van der Waals surface area contributed by atoms with Gasteiger partial charge in [-0.15, -0.1) is 0 Å². The molecule has 0 N–H and O–H groups in total. The van der Waals surface area contributed by atoms with E-state index in [1.807, 2.05) is 36.4 Å². The van der Waals surface area contributed by atoms with Gasteiger partial charge in [0.1, 0.15) is 11.5 Å². The third-order valence-electron chi connectivity index (χ3n) is 7.73. The summed E-state index contributed by atoms with van der Waals surface area (Å²) < 4.78 is 10.7. The fraction of sp³-hybridized carbons (Fsp3) is 0.250. The van der Waals surface area contributed by atoms with Gasteiger partial charge >= 0.3 is 5.97 Å². The van der Waals surface area contributed by atoms with E-state index >= 15 is 0 Å². The highest BCUT2D eigenvalue weighted by Crippen LogP contribution is 2.38. The number of carbonyl (C=O) groups is 1. The quantitative estimate of drug-likeness (QED) is 0.129. The third kappa shape index (κ3) is 6.28. The van der Waals surface area contributed by atoms with Gasteiger partial charge in [0, 0.05) is 23.0 Å². The van der Waals surface area contributed by atoms with Gasteiger partial charge in [-0.1, -0.05) is 74.9 Å². The van der Waals surface area contributed by atoms with Crippen molar-refractivity contribution in [2.24, 2.45) is 5.92 Å². The molecule has 1 saturated carbocycles. The maximum Gasteiger partial charge on any atom is 0.338 e. The molecular weight excluding hydrogens is 494 g/mol. The summed E-state index contributed by atoms with van der Waals surface area (Å²) in [4.78, 5) is 14.3. The Hall–Kier alpha value is -4.31. The number of carbonyl (C=O) groups excluding carboxylic acids is 1. The fourth-order valence-corrected chi connectivity index (χ4v) is 5.53. The first kappa shape index (κ1) is 27.3. The van der Waals surface area contributed by atoms with E-state index in [9.17, 15) is 4.79 Å². The van der Waals surface area contributed by atoms with Gasteiger partial charge in [-0.2, -0.15) is 0 Å². The summed E-state index contributed by atoms with van der Waals surface area (Å²) in [5.74, 6) is 1.69. The van der Waals surface area contributed by atoms with Gasteiger partial charge in [0.25, 0.3) is 0 Å². The highest BCUT2D eigenvalue weighted by Gasteiger charge is 2.26. The van der Waals surface area contributed by atoms with Gasteiger partial charge in [0.05, 0.1) is 7.11 Å². The van der Waals surface area contributed by atoms with Crippen molar-refractivity contribution < 1.29 is 14.3 Å². The second-order valence-corrected chi connectivity index (χ2v) is 10.8. The summed E-state index contributed by atoms with van der Waals surface area (Å²) in [7, 11) is 1.69. The van der Waals surface area contributed by atoms with E-state index in [0.29, 0.717) is 17.4 Å². The first-order valence-corrected chi connectivity index (χ1v) is 14.0. The van der Waals surface area contributed by atoms with Crippen LogP contribution in [0.4, 0.5) is 11.4 Å². The van der Waals surface area contributed by atoms with Crippen LogP contribution in [0.2, 0.25) is 0 Å². The number of rotatable bonds is 8. The molecule has 4 aromatic carbocycles. The van der Waals surface area contributed by atoms with Crippen LogP contribution in [0.1, 0.15) is 39.5 Å². The zero-order chi connectivity index (χ0) is 28.1. The van der Waals surface area contributed by atoms with Crippen LogP contribution in [0.25, 0.3) is 22.3 Å². The number of hydrogen-bond acceptors (Lipinski definition) is 4. The predicted octanol–water partition coefficient (Wildman–Crippen LogP) is 9.23. The van der Waals surface area contributed by atoms with E-state index in [2.05, 4.69) is 79.1 Å². The molecule has 204 valence electrons. The Balaban J connectivity index is 1.40. The molecule has 0 amide bonds. The molecule has 0 saturated heterocycles. The standard InChI is InChI=1S/C36H37NO3/c1-25(2)36(38)40-35-22-14-30(15-23-35)28-10-18-32(19-11-28)37(33-7-5-6-26(3)24-33)31-16-8-27(9-17-31)29-12-20-34(39-4)21-13-29/h8-23,26,33H,1,5-7,24H2,2-4H3. The molecule has 0 spiro atoms. The molecule has 1 fully saturated rings. The minimum Gasteiger partial charge on any atom is -0.497 e. The van der Waals surface area contributed by atoms with Crippen LogP contribution in [-0.4, -0.2) is 19.1 Å². The van der Waals surface area contributed by atoms with Gasteiger partial charge in [0.15, 0.2) is 0 Å². The number of nitrogens with zero attached hydrogens (tertiary/aromatic N) is 1. The molecule has 4 aromatic rings. The van der Waals surface area contributed by atoms with Crippen LogP contribution in [-0.2, 0) is 4.79 Å². The molecule has 2 unspecified atom stereocenters. The fourth-order valence-electron chi connectivity index (χ4n) is 5.53. The zero-order valence-electron chi connectivity index (χ0n) is 23.6. The average Bonchev–Trinajstić information content (AvgIpc) is 2.98. The van der Waals surface area contributed by atoms with E-state index in [-0.39, 0.29) is 0 Å². The van der Waals surface area contributed by atoms with Crippen LogP contribution >= 0.6 is 0 Å². The van der Waals surface area contributed by atoms with Crippen molar-refractivity contribution in [1.82, 2.24) is 0 Å². The van der Waals surface area contributed by atoms with Crippen LogP contribution in [0.15, 0.2) is 109 Å². The van der Waals surface area contributed by atoms with Crippen LogP contribution in [0.3, 0.4) is 0 Å². The van der Waals surface area contributed by atoms with E-state index < -0.39 is 5.97 Å². The summed E-state index contributed by atoms with van der Waals surface area (Å²) in [5.41, 5.74) is 7.36. The molecule has 0 radical (unpaired) electrons. The number of hydrogen-bond donors (Lipinski definition) is 0. The van der Waals surface area contributed by atoms with E-state index in [1.54, 1.807) is 14.0 Å². The molecule has 40 heavy (non-hydrogen) atoms. The van der Waals surface area contributed by atoms with Crippen molar-refractivity contribution >= 4 is 17.3 Å². The van der Waals surface area contributed by atoms with Gasteiger partial charge < -0.3 is 14.4 Å². The third-order valence-corrected chi connectivity index (χ3v) is 7.73. The minimum atomic E-state index is -0.411. The second-order valence-electron chi connectivity index (χ2n) is 10.8. The maximum absolute atomic E-state index is 11.8.